The number of hydrogen-bond acceptors (Lipinski definition) is 6. The Morgan fingerprint density at radius 1 is 1.40 bits per heavy atom. The molecule has 20 heavy (non-hydrogen) atoms. The van der Waals surface area contributed by atoms with Crippen LogP contribution in [0.15, 0.2) is 34.5 Å². The molecule has 0 radical (unpaired) electrons. The number of thioether (sulfide) groups is 1. The molecule has 1 heterocycles. The van der Waals surface area contributed by atoms with Gasteiger partial charge in [0.15, 0.2) is 0 Å². The van der Waals surface area contributed by atoms with Crippen LogP contribution >= 0.6 is 11.8 Å². The Kier molecular flexibility index (Phi) is 5.00. The third-order valence-electron chi connectivity index (χ3n) is 2.29. The van der Waals surface area contributed by atoms with Gasteiger partial charge >= 0.3 is 0 Å². The number of rotatable bonds is 6. The summed E-state index contributed by atoms with van der Waals surface area (Å²) in [4.78, 5) is 4.26. The highest BCUT2D eigenvalue weighted by Crippen LogP contribution is 2.17. The molecular weight excluding hydrogens is 274 g/mol. The number of phenols is 1. The summed E-state index contributed by atoms with van der Waals surface area (Å²) < 4.78 is 0. The zero-order chi connectivity index (χ0) is 14.4. The Morgan fingerprint density at radius 3 is 2.85 bits per heavy atom. The summed E-state index contributed by atoms with van der Waals surface area (Å²) in [6.45, 7) is 4.31. The van der Waals surface area contributed by atoms with Crippen LogP contribution in [0.2, 0.25) is 0 Å². The van der Waals surface area contributed by atoms with Gasteiger partial charge in [0.2, 0.25) is 11.1 Å². The van der Waals surface area contributed by atoms with E-state index in [1.54, 1.807) is 42.2 Å². The molecule has 106 valence electrons. The largest absolute Gasteiger partial charge is 0.508 e. The van der Waals surface area contributed by atoms with Gasteiger partial charge in [0.05, 0.1) is 6.21 Å². The second-order valence-electron chi connectivity index (χ2n) is 4.63. The minimum atomic E-state index is 0.233. The van der Waals surface area contributed by atoms with Crippen molar-refractivity contribution < 1.29 is 5.11 Å². The van der Waals surface area contributed by atoms with Gasteiger partial charge in [-0.15, -0.1) is 5.10 Å². The number of benzene rings is 1. The number of aromatic hydroxyl groups is 1. The highest BCUT2D eigenvalue weighted by atomic mass is 32.2. The third-order valence-corrected chi connectivity index (χ3v) is 3.56. The molecule has 3 N–H and O–H groups in total. The lowest BCUT2D eigenvalue weighted by Crippen LogP contribution is -1.93. The topological polar surface area (TPSA) is 86.2 Å². The number of aromatic amines is 1. The van der Waals surface area contributed by atoms with Crippen LogP contribution < -0.4 is 5.43 Å². The summed E-state index contributed by atoms with van der Waals surface area (Å²) in [6.07, 6.45) is 1.64. The molecule has 0 atom stereocenters. The van der Waals surface area contributed by atoms with Gasteiger partial charge < -0.3 is 5.11 Å². The molecule has 0 spiro atoms. The van der Waals surface area contributed by atoms with Gasteiger partial charge in [-0.25, -0.2) is 10.5 Å². The molecule has 1 aromatic heterocycles. The van der Waals surface area contributed by atoms with Crippen LogP contribution in [0.25, 0.3) is 0 Å². The summed E-state index contributed by atoms with van der Waals surface area (Å²) in [5.41, 5.74) is 3.66. The van der Waals surface area contributed by atoms with Crippen LogP contribution in [0.5, 0.6) is 5.75 Å². The number of aromatic nitrogens is 3. The van der Waals surface area contributed by atoms with Crippen molar-refractivity contribution in [2.75, 3.05) is 11.2 Å². The van der Waals surface area contributed by atoms with E-state index in [0.717, 1.165) is 11.3 Å². The van der Waals surface area contributed by atoms with E-state index in [9.17, 15) is 0 Å². The molecule has 7 heteroatoms. The average molecular weight is 291 g/mol. The van der Waals surface area contributed by atoms with Crippen LogP contribution in [0.3, 0.4) is 0 Å². The van der Waals surface area contributed by atoms with E-state index in [-0.39, 0.29) is 5.75 Å². The number of nitrogens with one attached hydrogen (secondary N) is 2. The van der Waals surface area contributed by atoms with Gasteiger partial charge in [0.25, 0.3) is 0 Å². The Hall–Kier alpha value is -2.02. The first kappa shape index (κ1) is 14.4. The van der Waals surface area contributed by atoms with Crippen LogP contribution in [-0.4, -0.2) is 32.3 Å². The van der Waals surface area contributed by atoms with Crippen molar-refractivity contribution in [1.29, 1.82) is 0 Å². The number of nitrogens with zero attached hydrogens (tertiary/aromatic N) is 3. The zero-order valence-corrected chi connectivity index (χ0v) is 12.2. The molecule has 2 rings (SSSR count). The molecule has 0 saturated heterocycles. The molecule has 1 aromatic carbocycles. The van der Waals surface area contributed by atoms with Crippen LogP contribution in [0.1, 0.15) is 19.4 Å². The van der Waals surface area contributed by atoms with Gasteiger partial charge in [-0.3, -0.25) is 0 Å². The highest BCUT2D eigenvalue weighted by molar-refractivity contribution is 7.99. The molecule has 6 nitrogen and oxygen atoms in total. The van der Waals surface area contributed by atoms with E-state index in [1.807, 2.05) is 0 Å². The maximum absolute atomic E-state index is 9.17. The third kappa shape index (κ3) is 4.58. The van der Waals surface area contributed by atoms with Gasteiger partial charge in [-0.05, 0) is 35.7 Å². The smallest absolute Gasteiger partial charge is 0.240 e. The van der Waals surface area contributed by atoms with E-state index in [1.165, 1.54) is 0 Å². The predicted molar refractivity (Wildman–Crippen MR) is 81.3 cm³/mol. The van der Waals surface area contributed by atoms with Crippen molar-refractivity contribution >= 4 is 23.9 Å². The van der Waals surface area contributed by atoms with E-state index in [4.69, 9.17) is 5.11 Å². The number of phenolic OH excluding ortho intramolecular Hbond substituents is 1. The normalized spacial score (nSPS) is 11.3. The number of H-pyrrole nitrogens is 1. The monoisotopic (exact) mass is 291 g/mol. The van der Waals surface area contributed by atoms with Gasteiger partial charge in [0, 0.05) is 5.75 Å². The zero-order valence-electron chi connectivity index (χ0n) is 11.4. The summed E-state index contributed by atoms with van der Waals surface area (Å²) in [5.74, 6) is 2.32. The lowest BCUT2D eigenvalue weighted by Gasteiger charge is -1.98. The lowest BCUT2D eigenvalue weighted by atomic mass is 10.2. The lowest BCUT2D eigenvalue weighted by molar-refractivity contribution is 0.475. The second-order valence-corrected chi connectivity index (χ2v) is 5.62. The van der Waals surface area contributed by atoms with Gasteiger partial charge in [-0.1, -0.05) is 25.6 Å². The van der Waals surface area contributed by atoms with Crippen molar-refractivity contribution in [3.05, 3.63) is 29.8 Å². The molecule has 0 aliphatic rings. The molecular formula is C13H17N5OS. The maximum Gasteiger partial charge on any atom is 0.240 e. The maximum atomic E-state index is 9.17. The van der Waals surface area contributed by atoms with Crippen LogP contribution in [0, 0.1) is 5.92 Å². The molecule has 2 aromatic rings. The molecule has 0 amide bonds. The average Bonchev–Trinajstić information content (AvgIpc) is 2.87. The Balaban J connectivity index is 1.86. The fourth-order valence-corrected chi connectivity index (χ4v) is 2.08. The highest BCUT2D eigenvalue weighted by Gasteiger charge is 2.03. The van der Waals surface area contributed by atoms with Crippen molar-refractivity contribution in [3.8, 4) is 5.75 Å². The van der Waals surface area contributed by atoms with Crippen LogP contribution in [-0.2, 0) is 0 Å². The van der Waals surface area contributed by atoms with E-state index in [0.29, 0.717) is 17.0 Å². The molecule has 0 fully saturated rings. The second kappa shape index (κ2) is 6.95. The predicted octanol–water partition coefficient (Wildman–Crippen LogP) is 2.70. The minimum absolute atomic E-state index is 0.233. The SMILES string of the molecule is CC(C)CSc1n[nH]c(N/N=C\c2ccc(O)cc2)n1. The van der Waals surface area contributed by atoms with Crippen molar-refractivity contribution in [1.82, 2.24) is 15.2 Å². The van der Waals surface area contributed by atoms with Crippen LogP contribution in [0.4, 0.5) is 5.95 Å². The first-order valence-electron chi connectivity index (χ1n) is 6.27. The van der Waals surface area contributed by atoms with E-state index < -0.39 is 0 Å². The summed E-state index contributed by atoms with van der Waals surface area (Å²) in [6, 6.07) is 6.75. The molecule has 0 bridgehead atoms. The Labute approximate surface area is 121 Å². The van der Waals surface area contributed by atoms with E-state index in [2.05, 4.69) is 39.6 Å². The molecule has 0 aliphatic heterocycles. The summed E-state index contributed by atoms with van der Waals surface area (Å²) in [7, 11) is 0. The first-order chi connectivity index (χ1) is 9.63. The minimum Gasteiger partial charge on any atom is -0.508 e. The van der Waals surface area contributed by atoms with Gasteiger partial charge in [0.1, 0.15) is 5.75 Å². The Bertz CT molecular complexity index is 564. The standard InChI is InChI=1S/C13H17N5OS/c1-9(2)8-20-13-15-12(17-18-13)16-14-7-10-3-5-11(19)6-4-10/h3-7,9,19H,8H2,1-2H3,(H2,15,16,17,18)/b14-7-. The van der Waals surface area contributed by atoms with Crippen molar-refractivity contribution in [2.24, 2.45) is 11.0 Å². The first-order valence-corrected chi connectivity index (χ1v) is 7.25. The fraction of sp³-hybridized carbons (Fsp3) is 0.308. The quantitative estimate of drug-likeness (QED) is 0.433. The Morgan fingerprint density at radius 2 is 2.15 bits per heavy atom. The number of anilines is 1. The van der Waals surface area contributed by atoms with Crippen molar-refractivity contribution in [3.63, 3.8) is 0 Å². The fourth-order valence-electron chi connectivity index (χ4n) is 1.33. The summed E-state index contributed by atoms with van der Waals surface area (Å²) >= 11 is 1.61. The molecule has 0 aliphatic carbocycles. The van der Waals surface area contributed by atoms with Crippen molar-refractivity contribution in [2.45, 2.75) is 19.0 Å². The number of hydrogen-bond donors (Lipinski definition) is 3. The summed E-state index contributed by atoms with van der Waals surface area (Å²) in [5, 5.41) is 20.8. The van der Waals surface area contributed by atoms with Gasteiger partial charge in [-0.2, -0.15) is 10.1 Å². The number of hydrazone groups is 1. The van der Waals surface area contributed by atoms with E-state index >= 15 is 0 Å². The molecule has 0 saturated carbocycles. The molecule has 0 unspecified atom stereocenters.